The zero-order valence-corrected chi connectivity index (χ0v) is 93.2. The largest absolute Gasteiger partial charge is 1.00 e. The predicted octanol–water partition coefficient (Wildman–Crippen LogP) is 20.1. The molecule has 0 saturated carbocycles. The van der Waals surface area contributed by atoms with Gasteiger partial charge in [-0.25, -0.2) is 20.3 Å². The summed E-state index contributed by atoms with van der Waals surface area (Å²) in [5.74, 6) is 5.26. The molecule has 0 amide bonds. The molecule has 34 heteroatoms. The van der Waals surface area contributed by atoms with Crippen LogP contribution in [0.15, 0.2) is 309 Å². The molecule has 0 aromatic heterocycles. The average molecular weight is 2620 g/mol. The van der Waals surface area contributed by atoms with E-state index < -0.39 is 89.6 Å². The first-order chi connectivity index (χ1) is 65.5. The van der Waals surface area contributed by atoms with Crippen molar-refractivity contribution < 1.29 is 226 Å². The minimum absolute atomic E-state index is 0. The topological polar surface area (TPSA) is 326 Å². The number of aromatic hydroxyl groups is 1. The van der Waals surface area contributed by atoms with Crippen molar-refractivity contribution in [1.82, 2.24) is 0 Å². The molecule has 0 spiro atoms. The van der Waals surface area contributed by atoms with Gasteiger partial charge in [0.15, 0.2) is 0 Å². The second-order valence-electron chi connectivity index (χ2n) is 31.2. The summed E-state index contributed by atoms with van der Waals surface area (Å²) in [5.41, 5.74) is 8.36. The van der Waals surface area contributed by atoms with E-state index >= 15 is 0 Å². The van der Waals surface area contributed by atoms with Crippen molar-refractivity contribution in [2.45, 2.75) is 106 Å². The van der Waals surface area contributed by atoms with Crippen LogP contribution in [0.5, 0.6) is 51.7 Å². The van der Waals surface area contributed by atoms with Gasteiger partial charge in [0.2, 0.25) is 0 Å². The van der Waals surface area contributed by atoms with Gasteiger partial charge in [-0.2, -0.15) is 13.2 Å². The first-order valence-electron chi connectivity index (χ1n) is 43.4. The Balaban J connectivity index is 0.000000218. The number of fused-ring (bicyclic) bond motifs is 1. The van der Waals surface area contributed by atoms with Gasteiger partial charge in [-0.1, -0.05) is 214 Å². The van der Waals surface area contributed by atoms with E-state index in [0.29, 0.717) is 18.8 Å². The van der Waals surface area contributed by atoms with Gasteiger partial charge in [0, 0.05) is 121 Å². The Morgan fingerprint density at radius 3 is 0.935 bits per heavy atom. The number of methoxy groups -OCH3 is 6. The van der Waals surface area contributed by atoms with Crippen molar-refractivity contribution >= 4 is 23.5 Å². The molecule has 16 rings (SSSR count). The predicted molar refractivity (Wildman–Crippen MR) is 505 cm³/mol. The minimum atomic E-state index is -4.17. The number of aliphatic hydroxyl groups excluding tert-OH is 3. The fraction of sp³-hybridized carbons (Fsp3) is 0.279. The molecular formula is C104H113O28P3U3-2. The van der Waals surface area contributed by atoms with E-state index in [1.807, 2.05) is 250 Å². The third-order valence-electron chi connectivity index (χ3n) is 23.1. The van der Waals surface area contributed by atoms with E-state index in [1.165, 1.54) is 27.9 Å². The molecular weight excluding hydrogens is 2500 g/mol. The number of rotatable bonds is 38. The van der Waals surface area contributed by atoms with Crippen LogP contribution in [0, 0.1) is 119 Å². The third-order valence-corrected chi connectivity index (χ3v) is 27.3. The minimum Gasteiger partial charge on any atom is -0.547 e. The Bertz CT molecular complexity index is 5410. The number of hydrogen-bond donors (Lipinski definition) is 4. The summed E-state index contributed by atoms with van der Waals surface area (Å²) < 4.78 is 155. The molecule has 9 unspecified atom stereocenters. The number of benzene rings is 12. The monoisotopic (exact) mass is 2620 g/mol. The fourth-order valence-corrected chi connectivity index (χ4v) is 19.4. The average Bonchev–Trinajstić information content (AvgIpc) is 1.53. The van der Waals surface area contributed by atoms with Crippen molar-refractivity contribution in [3.8, 4) is 51.7 Å². The van der Waals surface area contributed by atoms with E-state index in [-0.39, 0.29) is 138 Å². The van der Waals surface area contributed by atoms with Crippen LogP contribution in [0.2, 0.25) is 0 Å². The summed E-state index contributed by atoms with van der Waals surface area (Å²) >= 11 is 0. The second kappa shape index (κ2) is 53.4. The molecule has 4 aliphatic rings. The zero-order valence-electron chi connectivity index (χ0n) is 79.0. The molecule has 4 heterocycles. The van der Waals surface area contributed by atoms with Gasteiger partial charge in [0.05, 0.1) is 106 Å². The molecule has 28 nitrogen and oxygen atoms in total. The van der Waals surface area contributed by atoms with E-state index in [1.54, 1.807) is 97.8 Å². The maximum absolute atomic E-state index is 13.4. The zero-order chi connectivity index (χ0) is 95.6. The second-order valence-corrected chi connectivity index (χ2v) is 36.2. The van der Waals surface area contributed by atoms with Crippen molar-refractivity contribution in [2.24, 2.45) is 5.92 Å². The van der Waals surface area contributed by atoms with E-state index in [4.69, 9.17) is 98.1 Å². The normalized spacial score (nSPS) is 20.0. The summed E-state index contributed by atoms with van der Waals surface area (Å²) in [4.78, 5) is 0. The van der Waals surface area contributed by atoms with Gasteiger partial charge in [0.25, 0.3) is 0 Å². The molecule has 12 aromatic carbocycles. The molecule has 0 radical (unpaired) electrons. The van der Waals surface area contributed by atoms with Crippen LogP contribution < -0.4 is 37.5 Å². The molecule has 4 fully saturated rings. The molecule has 12 aromatic rings. The van der Waals surface area contributed by atoms with Crippen molar-refractivity contribution in [2.75, 3.05) is 77.2 Å². The van der Waals surface area contributed by atoms with Gasteiger partial charge in [-0.05, 0) is 195 Å². The van der Waals surface area contributed by atoms with Crippen LogP contribution in [-0.4, -0.2) is 146 Å². The Kier molecular flexibility index (Phi) is 43.3. The van der Waals surface area contributed by atoms with Gasteiger partial charge in [-0.15, -0.1) is 5.92 Å². The van der Waals surface area contributed by atoms with Crippen LogP contribution in [-0.2, 0) is 110 Å². The summed E-state index contributed by atoms with van der Waals surface area (Å²) in [6.45, 7) is 8.28. The molecule has 4 saturated heterocycles. The fourth-order valence-electron chi connectivity index (χ4n) is 15.8. The van der Waals surface area contributed by atoms with Crippen LogP contribution >= 0.6 is 23.5 Å². The first-order valence-corrected chi connectivity index (χ1v) is 47.8. The molecule has 726 valence electrons. The Labute approximate surface area is 878 Å². The number of aliphatic hydroxyl groups is 3. The number of phenolic OH excluding ortho intramolecular Hbond substituents is 1. The number of ether oxygens (including phenoxy) is 12. The molecule has 4 aliphatic heterocycles. The number of phenols is 1. The smallest absolute Gasteiger partial charge is 0.547 e. The molecule has 0 bridgehead atoms. The van der Waals surface area contributed by atoms with Crippen LogP contribution in [0.1, 0.15) is 88.5 Å². The van der Waals surface area contributed by atoms with Crippen molar-refractivity contribution in [3.63, 3.8) is 0 Å². The van der Waals surface area contributed by atoms with Crippen LogP contribution in [0.25, 0.3) is 0 Å². The van der Waals surface area contributed by atoms with Gasteiger partial charge >= 0.3 is 24.9 Å². The number of phosphoric ester groups is 3. The summed E-state index contributed by atoms with van der Waals surface area (Å²) in [7, 11) is 2.12. The number of hydrogen-bond acceptors (Lipinski definition) is 28. The Morgan fingerprint density at radius 2 is 0.645 bits per heavy atom. The SMILES string of the molecule is CC[C@H]1O[CH-]C(C)C1OP(=O)(OC)Oc1ccc(COC(c2ccccc2)(c2ccc(OC)cc2)c2ccc(OC)cc2)cc1.COP1(=O)OC2[CH-]O[C@H](CO)C2O1.COc1ccc(C(OCc2ccc(O)cc2)(c2ccccc2)c2ccc(OC)cc2)cc1.COc1ccc(C(OCc2ccc(OP(=O)(OC)OC3C(O)[CH-]O[C@@H]3CO)cc2)(c2ccccc2)c2ccc(OC)cc2)cc1.[H+].[U].[U].[U]. The third kappa shape index (κ3) is 27.5. The van der Waals surface area contributed by atoms with Gasteiger partial charge in [-0.3, -0.25) is 27.1 Å². The maximum Gasteiger partial charge on any atom is 1.00 e. The van der Waals surface area contributed by atoms with Crippen LogP contribution in [0.4, 0.5) is 0 Å². The quantitative estimate of drug-likeness (QED) is 0.0159. The summed E-state index contributed by atoms with van der Waals surface area (Å²) in [5, 5.41) is 38.1. The summed E-state index contributed by atoms with van der Waals surface area (Å²) in [6.07, 6.45) is -4.75. The first kappa shape index (κ1) is 112. The van der Waals surface area contributed by atoms with E-state index in [9.17, 15) is 29.0 Å². The molecule has 4 N–H and O–H groups in total. The molecule has 138 heavy (non-hydrogen) atoms. The van der Waals surface area contributed by atoms with Crippen molar-refractivity contribution in [3.05, 3.63) is 396 Å². The van der Waals surface area contributed by atoms with E-state index in [0.717, 1.165) is 108 Å². The summed E-state index contributed by atoms with van der Waals surface area (Å²) in [6, 6.07) is 98.6. The maximum atomic E-state index is 13.4. The molecule has 12 atom stereocenters. The number of phosphoric acid groups is 3. The van der Waals surface area contributed by atoms with Crippen LogP contribution in [0.3, 0.4) is 0 Å². The van der Waals surface area contributed by atoms with Crippen molar-refractivity contribution in [1.29, 1.82) is 0 Å². The Hall–Kier alpha value is -7.95. The standard InChI is InChI=1S/C36H40O8P.C34H36O10P.C28H26O4.C6H10O6P.3U/c1-6-34-35(26(2)24-41-34)44-45(37,40-5)43-33-18-12-27(13-19-33)25-42-36(28-10-8-7-9-11-28,29-14-20-31(38-3)21-15-29)30-16-22-32(39-4)23-17-30;1-38-28-17-11-26(12-18-28)34(25-7-5-4-6-8-25,27-13-19-29(39-2)20-14-27)42-22-24-9-15-30(16-10-24)43-45(37,40-3)44-33-31(36)23-41-32(33)21-35;1-30-26-16-10-23(11-17-26)28(22-6-4-3-5-7-22,24-12-18-27(31-2)19-13-24)32-20-21-8-14-25(29)15-9-21;1-9-13(8)11-5-3-10-4(2-7)6(5)12-13;;;/h7-24,26,34-35H,6,25H2,1-5H3;4-20,23,31-33,35-36H,21-22H2,1-3H3;3-19,29H,20H2,1-2H3;3-7H,2H2,1H3;;;/q2*-1;;-1;;;/p+1/t26?,34-,35?,45?;31?,32-,33?,45?;;4-,5?,6?,13?;;;/m11.1.../s1. The van der Waals surface area contributed by atoms with Gasteiger partial charge in [0.1, 0.15) is 68.5 Å². The van der Waals surface area contributed by atoms with Gasteiger partial charge < -0.3 is 90.8 Å². The van der Waals surface area contributed by atoms with E-state index in [2.05, 4.69) is 28.8 Å². The Morgan fingerprint density at radius 1 is 0.362 bits per heavy atom. The molecule has 0 aliphatic carbocycles.